The lowest BCUT2D eigenvalue weighted by molar-refractivity contribution is 0.123. The summed E-state index contributed by atoms with van der Waals surface area (Å²) in [5.41, 5.74) is 4.91. The number of nitrogens with one attached hydrogen (secondary N) is 1. The molecule has 0 saturated carbocycles. The fourth-order valence-electron chi connectivity index (χ4n) is 1.07. The fraction of sp³-hybridized carbons (Fsp3) is 0.857. The van der Waals surface area contributed by atoms with E-state index in [1.165, 1.54) is 0 Å². The van der Waals surface area contributed by atoms with Crippen molar-refractivity contribution in [1.82, 2.24) is 5.32 Å². The molecular weight excluding hydrogens is 232 g/mol. The first kappa shape index (κ1) is 17.0. The van der Waals surface area contributed by atoms with E-state index in [1.54, 1.807) is 21.3 Å². The molecule has 0 aliphatic heterocycles. The van der Waals surface area contributed by atoms with Crippen molar-refractivity contribution < 1.29 is 18.1 Å². The summed E-state index contributed by atoms with van der Waals surface area (Å²) < 4.78 is 15.6. The molecule has 0 aromatic carbocycles. The van der Waals surface area contributed by atoms with Gasteiger partial charge in [0, 0.05) is 33.9 Å². The Labute approximate surface area is 95.8 Å². The largest absolute Gasteiger partial charge is 0.500 e. The number of hydrogen-bond acceptors (Lipinski definition) is 4. The highest BCUT2D eigenvalue weighted by Crippen LogP contribution is 2.13. The molecule has 0 aromatic rings. The Bertz CT molecular complexity index is 170. The minimum absolute atomic E-state index is 0. The molecule has 8 heteroatoms. The predicted octanol–water partition coefficient (Wildman–Crippen LogP) is -1.53. The Morgan fingerprint density at radius 3 is 2.07 bits per heavy atom. The number of hydrogen-bond donors (Lipinski definition) is 2. The van der Waals surface area contributed by atoms with Crippen LogP contribution in [0.4, 0.5) is 4.79 Å². The third-order valence-electron chi connectivity index (χ3n) is 1.89. The summed E-state index contributed by atoms with van der Waals surface area (Å²) in [6, 6.07) is 0.126. The van der Waals surface area contributed by atoms with E-state index in [2.05, 4.69) is 5.32 Å². The molecule has 15 heavy (non-hydrogen) atoms. The van der Waals surface area contributed by atoms with Crippen LogP contribution >= 0.6 is 0 Å². The Kier molecular flexibility index (Phi) is 10.0. The van der Waals surface area contributed by atoms with Crippen molar-refractivity contribution in [1.29, 1.82) is 0 Å². The molecular formula is C7H22N2O4Si2. The molecule has 0 unspecified atom stereocenters. The molecule has 2 amide bonds. The second kappa shape index (κ2) is 8.86. The topological polar surface area (TPSA) is 82.8 Å². The maximum absolute atomic E-state index is 10.4. The number of carbonyl (C=O) groups excluding carboxylic acids is 1. The van der Waals surface area contributed by atoms with Gasteiger partial charge in [-0.05, 0) is 17.4 Å². The van der Waals surface area contributed by atoms with E-state index in [9.17, 15) is 4.79 Å². The molecule has 0 spiro atoms. The van der Waals surface area contributed by atoms with Crippen LogP contribution in [0.2, 0.25) is 6.04 Å². The van der Waals surface area contributed by atoms with Gasteiger partial charge < -0.3 is 24.3 Å². The summed E-state index contributed by atoms with van der Waals surface area (Å²) in [4.78, 5) is 10.4. The van der Waals surface area contributed by atoms with E-state index in [4.69, 9.17) is 19.0 Å². The van der Waals surface area contributed by atoms with Gasteiger partial charge in [-0.3, -0.25) is 0 Å². The number of primary amides is 1. The lowest BCUT2D eigenvalue weighted by Gasteiger charge is -2.24. The first-order chi connectivity index (χ1) is 6.60. The van der Waals surface area contributed by atoms with Crippen LogP contribution in [0.5, 0.6) is 0 Å². The average molecular weight is 254 g/mol. The van der Waals surface area contributed by atoms with E-state index < -0.39 is 14.8 Å². The van der Waals surface area contributed by atoms with Gasteiger partial charge in [0.2, 0.25) is 0 Å². The Balaban J connectivity index is 0. The molecule has 0 heterocycles. The number of nitrogens with two attached hydrogens (primary N) is 1. The summed E-state index contributed by atoms with van der Waals surface area (Å²) in [5, 5.41) is 2.48. The van der Waals surface area contributed by atoms with Crippen molar-refractivity contribution in [3.8, 4) is 0 Å². The second-order valence-corrected chi connectivity index (χ2v) is 5.78. The zero-order valence-electron chi connectivity index (χ0n) is 8.83. The zero-order valence-corrected chi connectivity index (χ0v) is 9.83. The number of carbonyl (C=O) groups is 1. The number of rotatable bonds is 7. The summed E-state index contributed by atoms with van der Waals surface area (Å²) in [6.07, 6.45) is 0.713. The first-order valence-corrected chi connectivity index (χ1v) is 6.22. The van der Waals surface area contributed by atoms with E-state index in [0.717, 1.165) is 0 Å². The molecule has 0 rings (SSSR count). The van der Waals surface area contributed by atoms with Crippen molar-refractivity contribution >= 4 is 25.8 Å². The van der Waals surface area contributed by atoms with Crippen molar-refractivity contribution in [3.05, 3.63) is 0 Å². The predicted molar refractivity (Wildman–Crippen MR) is 65.1 cm³/mol. The fourth-order valence-corrected chi connectivity index (χ4v) is 2.79. The zero-order chi connectivity index (χ0) is 11.0. The molecule has 0 saturated heterocycles. The molecule has 3 N–H and O–H groups in total. The lowest BCUT2D eigenvalue weighted by Crippen LogP contribution is -2.43. The smallest absolute Gasteiger partial charge is 0.377 e. The minimum atomic E-state index is -2.48. The molecule has 0 bridgehead atoms. The van der Waals surface area contributed by atoms with Crippen molar-refractivity contribution in [2.45, 2.75) is 12.5 Å². The van der Waals surface area contributed by atoms with Crippen LogP contribution in [0.25, 0.3) is 0 Å². The van der Waals surface area contributed by atoms with Crippen LogP contribution < -0.4 is 11.1 Å². The van der Waals surface area contributed by atoms with Crippen LogP contribution in [0.1, 0.15) is 6.42 Å². The highest BCUT2D eigenvalue weighted by atomic mass is 28.4. The van der Waals surface area contributed by atoms with Gasteiger partial charge in [-0.2, -0.15) is 0 Å². The second-order valence-electron chi connectivity index (χ2n) is 2.69. The van der Waals surface area contributed by atoms with Gasteiger partial charge in [0.15, 0.2) is 0 Å². The van der Waals surface area contributed by atoms with Crippen LogP contribution in [-0.4, -0.2) is 53.7 Å². The Morgan fingerprint density at radius 2 is 1.73 bits per heavy atom. The summed E-state index contributed by atoms with van der Waals surface area (Å²) in [5.74, 6) is 0. The number of urea groups is 1. The maximum Gasteiger partial charge on any atom is 0.500 e. The van der Waals surface area contributed by atoms with Gasteiger partial charge >= 0.3 is 14.8 Å². The van der Waals surface area contributed by atoms with Crippen LogP contribution in [0.15, 0.2) is 0 Å². The first-order valence-electron chi connectivity index (χ1n) is 4.29. The number of amides is 2. The quantitative estimate of drug-likeness (QED) is 0.427. The SMILES string of the molecule is CO[Si](CCCNC(N)=O)(OC)OC.[SiH4]. The molecule has 6 nitrogen and oxygen atoms in total. The molecule has 0 atom stereocenters. The summed E-state index contributed by atoms with van der Waals surface area (Å²) >= 11 is 0. The average Bonchev–Trinajstić information content (AvgIpc) is 2.19. The highest BCUT2D eigenvalue weighted by Gasteiger charge is 2.36. The molecule has 0 aliphatic carbocycles. The van der Waals surface area contributed by atoms with Gasteiger partial charge in [-0.25, -0.2) is 4.79 Å². The summed E-state index contributed by atoms with van der Waals surface area (Å²) in [6.45, 7) is 0.500. The Hall–Kier alpha value is -0.416. The maximum atomic E-state index is 10.4. The molecule has 0 aromatic heterocycles. The van der Waals surface area contributed by atoms with Gasteiger partial charge in [-0.1, -0.05) is 0 Å². The van der Waals surface area contributed by atoms with Crippen LogP contribution in [0, 0.1) is 0 Å². The lowest BCUT2D eigenvalue weighted by atomic mass is 10.5. The van der Waals surface area contributed by atoms with Gasteiger partial charge in [0.05, 0.1) is 0 Å². The molecule has 92 valence electrons. The Morgan fingerprint density at radius 1 is 1.27 bits per heavy atom. The van der Waals surface area contributed by atoms with Crippen LogP contribution in [-0.2, 0) is 13.3 Å². The molecule has 0 aliphatic rings. The highest BCUT2D eigenvalue weighted by molar-refractivity contribution is 6.60. The molecule has 0 fully saturated rings. The van der Waals surface area contributed by atoms with Crippen LogP contribution in [0.3, 0.4) is 0 Å². The standard InChI is InChI=1S/C7H18N2O4Si.H4Si/c1-11-14(12-2,13-3)6-4-5-9-7(8)10;/h4-6H2,1-3H3,(H3,8,9,10);1H4. The van der Waals surface area contributed by atoms with Crippen molar-refractivity contribution in [2.75, 3.05) is 27.9 Å². The van der Waals surface area contributed by atoms with Gasteiger partial charge in [0.25, 0.3) is 0 Å². The van der Waals surface area contributed by atoms with Crippen molar-refractivity contribution in [2.24, 2.45) is 5.73 Å². The molecule has 0 radical (unpaired) electrons. The van der Waals surface area contributed by atoms with Gasteiger partial charge in [-0.15, -0.1) is 0 Å². The van der Waals surface area contributed by atoms with E-state index in [-0.39, 0.29) is 11.0 Å². The monoisotopic (exact) mass is 254 g/mol. The van der Waals surface area contributed by atoms with E-state index in [0.29, 0.717) is 19.0 Å². The van der Waals surface area contributed by atoms with Crippen molar-refractivity contribution in [3.63, 3.8) is 0 Å². The van der Waals surface area contributed by atoms with E-state index in [1.807, 2.05) is 0 Å². The normalized spacial score (nSPS) is 10.6. The van der Waals surface area contributed by atoms with E-state index >= 15 is 0 Å². The summed E-state index contributed by atoms with van der Waals surface area (Å²) in [7, 11) is 2.19. The third-order valence-corrected chi connectivity index (χ3v) is 4.72. The minimum Gasteiger partial charge on any atom is -0.377 e. The van der Waals surface area contributed by atoms with Gasteiger partial charge in [0.1, 0.15) is 0 Å². The third kappa shape index (κ3) is 6.63.